The van der Waals surface area contributed by atoms with Gasteiger partial charge in [-0.05, 0) is 27.7 Å². The Kier molecular flexibility index (Phi) is 11.0. The summed E-state index contributed by atoms with van der Waals surface area (Å²) in [7, 11) is 0. The molecule has 0 fully saturated rings. The molecule has 0 N–H and O–H groups in total. The van der Waals surface area contributed by atoms with E-state index in [-0.39, 0.29) is 63.6 Å². The summed E-state index contributed by atoms with van der Waals surface area (Å²) in [5, 5.41) is 0. The second kappa shape index (κ2) is 7.80. The molecule has 12 heavy (non-hydrogen) atoms. The SMILES string of the molecule is CC(C)OP(=S)([S-])OC(C)C.[K+]. The predicted molar refractivity (Wildman–Crippen MR) is 54.1 cm³/mol. The summed E-state index contributed by atoms with van der Waals surface area (Å²) in [6.45, 7) is 7.60. The van der Waals surface area contributed by atoms with Gasteiger partial charge in [-0.15, -0.1) is 0 Å². The van der Waals surface area contributed by atoms with Crippen LogP contribution in [0.4, 0.5) is 0 Å². The van der Waals surface area contributed by atoms with Gasteiger partial charge in [0, 0.05) is 0 Å². The quantitative estimate of drug-likeness (QED) is 0.385. The summed E-state index contributed by atoms with van der Waals surface area (Å²) in [6, 6.07) is 0. The maximum atomic E-state index is 5.27. The van der Waals surface area contributed by atoms with Crippen molar-refractivity contribution in [3.05, 3.63) is 0 Å². The van der Waals surface area contributed by atoms with Crippen molar-refractivity contribution in [3.63, 3.8) is 0 Å². The van der Waals surface area contributed by atoms with E-state index in [1.807, 2.05) is 27.7 Å². The van der Waals surface area contributed by atoms with Crippen molar-refractivity contribution < 1.29 is 60.4 Å². The van der Waals surface area contributed by atoms with E-state index in [9.17, 15) is 0 Å². The summed E-state index contributed by atoms with van der Waals surface area (Å²) in [5.74, 6) is 0. The number of rotatable bonds is 4. The van der Waals surface area contributed by atoms with E-state index in [0.29, 0.717) is 0 Å². The Hall–Kier alpha value is 2.56. The van der Waals surface area contributed by atoms with Crippen molar-refractivity contribution in [2.75, 3.05) is 0 Å². The van der Waals surface area contributed by atoms with Crippen LogP contribution in [0.1, 0.15) is 27.7 Å². The fourth-order valence-electron chi connectivity index (χ4n) is 0.541. The zero-order valence-corrected chi connectivity index (χ0v) is 13.9. The van der Waals surface area contributed by atoms with Gasteiger partial charge in [0.2, 0.25) is 0 Å². The van der Waals surface area contributed by atoms with Crippen LogP contribution in [0.25, 0.3) is 0 Å². The van der Waals surface area contributed by atoms with E-state index in [0.717, 1.165) is 0 Å². The molecule has 0 spiro atoms. The topological polar surface area (TPSA) is 18.5 Å². The minimum absolute atomic E-state index is 0. The number of hydrogen-bond acceptors (Lipinski definition) is 4. The molecule has 0 aromatic carbocycles. The summed E-state index contributed by atoms with van der Waals surface area (Å²) in [4.78, 5) is 0. The maximum Gasteiger partial charge on any atom is 1.00 e. The zero-order valence-electron chi connectivity index (χ0n) is 8.23. The monoisotopic (exact) mass is 252 g/mol. The Balaban J connectivity index is 0. The molecular formula is C6H14KO2PS2. The van der Waals surface area contributed by atoms with Crippen molar-refractivity contribution in [3.8, 4) is 0 Å². The van der Waals surface area contributed by atoms with E-state index >= 15 is 0 Å². The smallest absolute Gasteiger partial charge is 0.691 e. The van der Waals surface area contributed by atoms with Gasteiger partial charge in [-0.3, -0.25) is 0 Å². The van der Waals surface area contributed by atoms with Gasteiger partial charge in [-0.25, -0.2) is 0 Å². The van der Waals surface area contributed by atoms with Crippen LogP contribution in [0.15, 0.2) is 0 Å². The molecule has 68 valence electrons. The normalized spacial score (nSPS) is 11.9. The number of hydrogen-bond donors (Lipinski definition) is 0. The third-order valence-electron chi connectivity index (χ3n) is 0.680. The molecule has 0 atom stereocenters. The second-order valence-electron chi connectivity index (χ2n) is 2.76. The molecule has 0 saturated heterocycles. The Morgan fingerprint density at radius 2 is 1.33 bits per heavy atom. The minimum Gasteiger partial charge on any atom is -0.691 e. The van der Waals surface area contributed by atoms with Crippen molar-refractivity contribution >= 4 is 29.7 Å². The van der Waals surface area contributed by atoms with E-state index in [1.165, 1.54) is 0 Å². The van der Waals surface area contributed by atoms with Crippen LogP contribution in [0, 0.1) is 0 Å². The molecule has 0 aliphatic carbocycles. The zero-order chi connectivity index (χ0) is 9.07. The summed E-state index contributed by atoms with van der Waals surface area (Å²) in [6.07, 6.45) is 0.106. The van der Waals surface area contributed by atoms with E-state index < -0.39 is 5.69 Å². The predicted octanol–water partition coefficient (Wildman–Crippen LogP) is -0.388. The third-order valence-corrected chi connectivity index (χ3v) is 3.07. The maximum absolute atomic E-state index is 5.27. The molecule has 2 nitrogen and oxygen atoms in total. The molecule has 0 heterocycles. The molecule has 0 saturated carbocycles. The summed E-state index contributed by atoms with van der Waals surface area (Å²) < 4.78 is 10.5. The molecule has 0 bridgehead atoms. The van der Waals surface area contributed by atoms with Gasteiger partial charge in [0.25, 0.3) is 0 Å². The van der Waals surface area contributed by atoms with Gasteiger partial charge in [0.05, 0.1) is 17.9 Å². The van der Waals surface area contributed by atoms with Crippen LogP contribution < -0.4 is 51.4 Å². The van der Waals surface area contributed by atoms with Gasteiger partial charge in [-0.1, -0.05) is 11.8 Å². The largest absolute Gasteiger partial charge is 1.00 e. The minimum atomic E-state index is -2.39. The van der Waals surface area contributed by atoms with Crippen molar-refractivity contribution in [2.45, 2.75) is 39.9 Å². The first-order chi connectivity index (χ1) is 4.83. The fourth-order valence-corrected chi connectivity index (χ4v) is 3.69. The molecule has 0 aliphatic heterocycles. The molecule has 0 radical (unpaired) electrons. The van der Waals surface area contributed by atoms with E-state index in [1.54, 1.807) is 0 Å². The second-order valence-corrected chi connectivity index (χ2v) is 7.65. The van der Waals surface area contributed by atoms with Crippen LogP contribution in [0.3, 0.4) is 0 Å². The van der Waals surface area contributed by atoms with E-state index in [4.69, 9.17) is 33.1 Å². The average Bonchev–Trinajstić information content (AvgIpc) is 1.53. The summed E-state index contributed by atoms with van der Waals surface area (Å²) >= 11 is 9.95. The third kappa shape index (κ3) is 10.6. The standard InChI is InChI=1S/C6H15O2PS2.K/c1-5(2)7-9(10,11)8-6(3)4;/h5-6H,1-4H3,(H,10,11);/q;+1/p-1. The molecule has 0 rings (SSSR count). The molecular weight excluding hydrogens is 238 g/mol. The van der Waals surface area contributed by atoms with Crippen LogP contribution in [0.5, 0.6) is 0 Å². The molecule has 0 amide bonds. The van der Waals surface area contributed by atoms with E-state index in [2.05, 4.69) is 0 Å². The van der Waals surface area contributed by atoms with Gasteiger partial charge < -0.3 is 21.3 Å². The summed E-state index contributed by atoms with van der Waals surface area (Å²) in [5.41, 5.74) is -2.39. The van der Waals surface area contributed by atoms with Gasteiger partial charge in [0.15, 0.2) is 0 Å². The fraction of sp³-hybridized carbons (Fsp3) is 1.00. The average molecular weight is 252 g/mol. The Bertz CT molecular complexity index is 150. The molecule has 6 heteroatoms. The molecule has 0 aromatic heterocycles. The Morgan fingerprint density at radius 3 is 1.50 bits per heavy atom. The first-order valence-corrected chi connectivity index (χ1v) is 7.16. The van der Waals surface area contributed by atoms with Crippen LogP contribution in [-0.2, 0) is 33.1 Å². The molecule has 0 unspecified atom stereocenters. The van der Waals surface area contributed by atoms with Crippen molar-refractivity contribution in [1.29, 1.82) is 0 Å². The van der Waals surface area contributed by atoms with Crippen LogP contribution >= 0.6 is 5.69 Å². The molecule has 0 aromatic rings. The van der Waals surface area contributed by atoms with Gasteiger partial charge in [-0.2, -0.15) is 0 Å². The van der Waals surface area contributed by atoms with Crippen LogP contribution in [0.2, 0.25) is 0 Å². The van der Waals surface area contributed by atoms with Gasteiger partial charge in [0.1, 0.15) is 0 Å². The Morgan fingerprint density at radius 1 is 1.08 bits per heavy atom. The first kappa shape index (κ1) is 17.0. The molecule has 0 aliphatic rings. The first-order valence-electron chi connectivity index (χ1n) is 3.51. The van der Waals surface area contributed by atoms with Crippen molar-refractivity contribution in [1.82, 2.24) is 0 Å². The van der Waals surface area contributed by atoms with Crippen LogP contribution in [-0.4, -0.2) is 12.2 Å². The van der Waals surface area contributed by atoms with Crippen molar-refractivity contribution in [2.24, 2.45) is 0 Å². The Labute approximate surface area is 128 Å². The van der Waals surface area contributed by atoms with Gasteiger partial charge >= 0.3 is 51.4 Å².